The zero-order chi connectivity index (χ0) is 13.7. The molecular formula is C15H17Cl2NO. The number of benzene rings is 1. The van der Waals surface area contributed by atoms with Crippen molar-refractivity contribution in [1.29, 1.82) is 0 Å². The molecule has 2 rings (SSSR count). The third kappa shape index (κ3) is 3.75. The van der Waals surface area contributed by atoms with Crippen molar-refractivity contribution < 1.29 is 4.42 Å². The molecule has 0 radical (unpaired) electrons. The van der Waals surface area contributed by atoms with Gasteiger partial charge in [0.25, 0.3) is 0 Å². The molecule has 4 heteroatoms. The lowest BCUT2D eigenvalue weighted by molar-refractivity contribution is 0.410. The molecule has 1 heterocycles. The van der Waals surface area contributed by atoms with Gasteiger partial charge in [-0.15, -0.1) is 0 Å². The first kappa shape index (κ1) is 14.4. The van der Waals surface area contributed by atoms with E-state index in [1.165, 1.54) is 0 Å². The molecule has 1 unspecified atom stereocenters. The summed E-state index contributed by atoms with van der Waals surface area (Å²) in [5.41, 5.74) is 0.954. The number of rotatable bonds is 6. The molecule has 0 amide bonds. The van der Waals surface area contributed by atoms with Crippen molar-refractivity contribution in [2.75, 3.05) is 6.54 Å². The third-order valence-electron chi connectivity index (χ3n) is 3.00. The molecule has 19 heavy (non-hydrogen) atoms. The van der Waals surface area contributed by atoms with Crippen LogP contribution in [0.2, 0.25) is 10.0 Å². The Balaban J connectivity index is 2.20. The maximum Gasteiger partial charge on any atom is 0.121 e. The van der Waals surface area contributed by atoms with Crippen LogP contribution < -0.4 is 5.32 Å². The molecule has 102 valence electrons. The molecule has 0 aliphatic carbocycles. The second kappa shape index (κ2) is 6.99. The molecule has 0 saturated carbocycles. The number of nitrogens with one attached hydrogen (secondary N) is 1. The van der Waals surface area contributed by atoms with Crippen LogP contribution in [0, 0.1) is 0 Å². The van der Waals surface area contributed by atoms with Gasteiger partial charge in [-0.05, 0) is 49.2 Å². The Bertz CT molecular complexity index is 491. The molecule has 0 bridgehead atoms. The minimum atomic E-state index is 0.0901. The van der Waals surface area contributed by atoms with E-state index in [0.29, 0.717) is 16.5 Å². The first-order valence-corrected chi connectivity index (χ1v) is 7.17. The summed E-state index contributed by atoms with van der Waals surface area (Å²) in [6.07, 6.45) is 3.46. The number of halogens is 2. The Labute approximate surface area is 123 Å². The van der Waals surface area contributed by atoms with Gasteiger partial charge < -0.3 is 9.73 Å². The number of hydrogen-bond donors (Lipinski definition) is 1. The molecule has 1 N–H and O–H groups in total. The predicted octanol–water partition coefficient (Wildman–Crippen LogP) is 4.87. The fraction of sp³-hybridized carbons (Fsp3) is 0.333. The summed E-state index contributed by atoms with van der Waals surface area (Å²) in [7, 11) is 0. The standard InChI is InChI=1S/C15H17Cl2NO/c1-2-8-18-14(15-7-4-9-19-15)10-11-12(16)5-3-6-13(11)17/h3-7,9,14,18H,2,8,10H2,1H3. The molecule has 0 aliphatic heterocycles. The summed E-state index contributed by atoms with van der Waals surface area (Å²) in [5, 5.41) is 4.86. The van der Waals surface area contributed by atoms with Gasteiger partial charge in [0.15, 0.2) is 0 Å². The molecule has 2 nitrogen and oxygen atoms in total. The molecule has 2 aromatic rings. The van der Waals surface area contributed by atoms with Crippen molar-refractivity contribution in [3.63, 3.8) is 0 Å². The Morgan fingerprint density at radius 1 is 1.16 bits per heavy atom. The molecule has 1 aromatic carbocycles. The average molecular weight is 298 g/mol. The van der Waals surface area contributed by atoms with Crippen molar-refractivity contribution >= 4 is 23.2 Å². The van der Waals surface area contributed by atoms with Crippen LogP contribution in [0.5, 0.6) is 0 Å². The topological polar surface area (TPSA) is 25.2 Å². The molecule has 0 saturated heterocycles. The summed E-state index contributed by atoms with van der Waals surface area (Å²) in [6, 6.07) is 9.54. The van der Waals surface area contributed by atoms with Crippen LogP contribution in [0.15, 0.2) is 41.0 Å². The highest BCUT2D eigenvalue weighted by atomic mass is 35.5. The predicted molar refractivity (Wildman–Crippen MR) is 79.9 cm³/mol. The van der Waals surface area contributed by atoms with Gasteiger partial charge in [-0.3, -0.25) is 0 Å². The fourth-order valence-corrected chi connectivity index (χ4v) is 2.56. The maximum absolute atomic E-state index is 6.23. The molecule has 0 aliphatic rings. The van der Waals surface area contributed by atoms with E-state index in [9.17, 15) is 0 Å². The summed E-state index contributed by atoms with van der Waals surface area (Å²) in [5.74, 6) is 0.907. The van der Waals surface area contributed by atoms with Gasteiger partial charge in [0, 0.05) is 10.0 Å². The fourth-order valence-electron chi connectivity index (χ4n) is 2.01. The molecule has 0 spiro atoms. The van der Waals surface area contributed by atoms with Gasteiger partial charge in [0.2, 0.25) is 0 Å². The highest BCUT2D eigenvalue weighted by molar-refractivity contribution is 6.36. The second-order valence-corrected chi connectivity index (χ2v) is 5.24. The quantitative estimate of drug-likeness (QED) is 0.823. The van der Waals surface area contributed by atoms with Crippen LogP contribution in [0.4, 0.5) is 0 Å². The number of hydrogen-bond acceptors (Lipinski definition) is 2. The SMILES string of the molecule is CCCNC(Cc1c(Cl)cccc1Cl)c1ccco1. The minimum Gasteiger partial charge on any atom is -0.468 e. The second-order valence-electron chi connectivity index (χ2n) is 4.43. The summed E-state index contributed by atoms with van der Waals surface area (Å²) < 4.78 is 5.50. The van der Waals surface area contributed by atoms with Crippen molar-refractivity contribution in [3.8, 4) is 0 Å². The van der Waals surface area contributed by atoms with E-state index in [-0.39, 0.29) is 6.04 Å². The number of furan rings is 1. The van der Waals surface area contributed by atoms with Crippen LogP contribution in [0.3, 0.4) is 0 Å². The highest BCUT2D eigenvalue weighted by Gasteiger charge is 2.17. The first-order chi connectivity index (χ1) is 9.22. The van der Waals surface area contributed by atoms with Gasteiger partial charge in [0.05, 0.1) is 12.3 Å². The van der Waals surface area contributed by atoms with Crippen molar-refractivity contribution in [1.82, 2.24) is 5.32 Å². The summed E-state index contributed by atoms with van der Waals surface area (Å²) in [6.45, 7) is 3.06. The van der Waals surface area contributed by atoms with Gasteiger partial charge in [-0.2, -0.15) is 0 Å². The van der Waals surface area contributed by atoms with E-state index in [1.54, 1.807) is 6.26 Å². The van der Waals surface area contributed by atoms with Crippen molar-refractivity contribution in [2.45, 2.75) is 25.8 Å². The molecular weight excluding hydrogens is 281 g/mol. The van der Waals surface area contributed by atoms with E-state index in [0.717, 1.165) is 24.3 Å². The largest absolute Gasteiger partial charge is 0.468 e. The smallest absolute Gasteiger partial charge is 0.121 e. The highest BCUT2D eigenvalue weighted by Crippen LogP contribution is 2.29. The van der Waals surface area contributed by atoms with Crippen LogP contribution >= 0.6 is 23.2 Å². The van der Waals surface area contributed by atoms with E-state index >= 15 is 0 Å². The van der Waals surface area contributed by atoms with Gasteiger partial charge in [-0.1, -0.05) is 36.2 Å². The van der Waals surface area contributed by atoms with E-state index < -0.39 is 0 Å². The summed E-state index contributed by atoms with van der Waals surface area (Å²) in [4.78, 5) is 0. The van der Waals surface area contributed by atoms with Crippen LogP contribution in [-0.4, -0.2) is 6.54 Å². The molecule has 0 fully saturated rings. The Hall–Kier alpha value is -0.960. The summed E-state index contributed by atoms with van der Waals surface area (Å²) >= 11 is 12.5. The lowest BCUT2D eigenvalue weighted by Crippen LogP contribution is -2.23. The lowest BCUT2D eigenvalue weighted by Gasteiger charge is -2.18. The van der Waals surface area contributed by atoms with Crippen LogP contribution in [-0.2, 0) is 6.42 Å². The van der Waals surface area contributed by atoms with E-state index in [2.05, 4.69) is 12.2 Å². The van der Waals surface area contributed by atoms with Crippen LogP contribution in [0.25, 0.3) is 0 Å². The lowest BCUT2D eigenvalue weighted by atomic mass is 10.0. The van der Waals surface area contributed by atoms with Crippen molar-refractivity contribution in [2.24, 2.45) is 0 Å². The van der Waals surface area contributed by atoms with Gasteiger partial charge in [0.1, 0.15) is 5.76 Å². The third-order valence-corrected chi connectivity index (χ3v) is 3.71. The molecule has 1 aromatic heterocycles. The zero-order valence-corrected chi connectivity index (χ0v) is 12.3. The average Bonchev–Trinajstić information content (AvgIpc) is 2.91. The Morgan fingerprint density at radius 3 is 2.47 bits per heavy atom. The van der Waals surface area contributed by atoms with E-state index in [1.807, 2.05) is 30.3 Å². The first-order valence-electron chi connectivity index (χ1n) is 6.42. The monoisotopic (exact) mass is 297 g/mol. The minimum absolute atomic E-state index is 0.0901. The Morgan fingerprint density at radius 2 is 1.89 bits per heavy atom. The zero-order valence-electron chi connectivity index (χ0n) is 10.8. The van der Waals surface area contributed by atoms with Gasteiger partial charge >= 0.3 is 0 Å². The Kier molecular flexibility index (Phi) is 5.32. The van der Waals surface area contributed by atoms with E-state index in [4.69, 9.17) is 27.6 Å². The normalized spacial score (nSPS) is 12.6. The van der Waals surface area contributed by atoms with Crippen molar-refractivity contribution in [3.05, 3.63) is 58.0 Å². The van der Waals surface area contributed by atoms with Crippen LogP contribution in [0.1, 0.15) is 30.7 Å². The maximum atomic E-state index is 6.23. The molecule has 1 atom stereocenters. The van der Waals surface area contributed by atoms with Gasteiger partial charge in [-0.25, -0.2) is 0 Å².